The molecule has 2 unspecified atom stereocenters. The molecule has 2 atom stereocenters. The topological polar surface area (TPSA) is 61.2 Å². The van der Waals surface area contributed by atoms with Crippen molar-refractivity contribution in [3.63, 3.8) is 0 Å². The molecule has 0 aromatic heterocycles. The van der Waals surface area contributed by atoms with Gasteiger partial charge in [-0.15, -0.1) is 0 Å². The number of carbonyl (C=O) groups excluding carboxylic acids is 2. The molecular formula is C15H13BrN2O2. The van der Waals surface area contributed by atoms with E-state index in [1.54, 1.807) is 18.2 Å². The van der Waals surface area contributed by atoms with Crippen LogP contribution < -0.4 is 4.90 Å². The van der Waals surface area contributed by atoms with E-state index in [9.17, 15) is 14.9 Å². The molecule has 1 heterocycles. The number of carbonyl (C=O) groups is 2. The fourth-order valence-corrected chi connectivity index (χ4v) is 3.53. The fourth-order valence-electron chi connectivity index (χ4n) is 3.18. The Labute approximate surface area is 125 Å². The average Bonchev–Trinajstić information content (AvgIpc) is 2.71. The van der Waals surface area contributed by atoms with Gasteiger partial charge in [-0.3, -0.25) is 9.59 Å². The zero-order valence-corrected chi connectivity index (χ0v) is 12.4. The van der Waals surface area contributed by atoms with E-state index in [0.717, 1.165) is 30.2 Å². The molecule has 0 bridgehead atoms. The van der Waals surface area contributed by atoms with Crippen LogP contribution in [0.3, 0.4) is 0 Å². The summed E-state index contributed by atoms with van der Waals surface area (Å²) in [6.07, 6.45) is 3.55. The Balaban J connectivity index is 2.06. The molecule has 102 valence electrons. The second kappa shape index (κ2) is 5.02. The highest BCUT2D eigenvalue weighted by Crippen LogP contribution is 2.41. The van der Waals surface area contributed by atoms with Gasteiger partial charge in [0.15, 0.2) is 0 Å². The normalized spacial score (nSPS) is 25.5. The Bertz CT molecular complexity index is 611. The molecule has 1 saturated carbocycles. The quantitative estimate of drug-likeness (QED) is 0.742. The largest absolute Gasteiger partial charge is 0.274 e. The molecule has 1 aromatic rings. The van der Waals surface area contributed by atoms with Crippen LogP contribution in [0, 0.1) is 23.2 Å². The molecule has 20 heavy (non-hydrogen) atoms. The van der Waals surface area contributed by atoms with Gasteiger partial charge in [-0.25, -0.2) is 4.90 Å². The average molecular weight is 333 g/mol. The summed E-state index contributed by atoms with van der Waals surface area (Å²) in [7, 11) is 0. The van der Waals surface area contributed by atoms with Gasteiger partial charge in [0.1, 0.15) is 6.07 Å². The number of nitriles is 1. The van der Waals surface area contributed by atoms with E-state index in [-0.39, 0.29) is 23.7 Å². The monoisotopic (exact) mass is 332 g/mol. The molecule has 2 aliphatic rings. The molecule has 5 heteroatoms. The summed E-state index contributed by atoms with van der Waals surface area (Å²) in [5, 5.41) is 9.19. The van der Waals surface area contributed by atoms with Crippen molar-refractivity contribution >= 4 is 33.4 Å². The predicted molar refractivity (Wildman–Crippen MR) is 76.8 cm³/mol. The maximum absolute atomic E-state index is 12.5. The Morgan fingerprint density at radius 3 is 2.30 bits per heavy atom. The van der Waals surface area contributed by atoms with E-state index in [1.807, 2.05) is 0 Å². The number of anilines is 1. The molecule has 1 aliphatic carbocycles. The van der Waals surface area contributed by atoms with Gasteiger partial charge >= 0.3 is 0 Å². The zero-order valence-electron chi connectivity index (χ0n) is 10.8. The molecule has 4 nitrogen and oxygen atoms in total. The van der Waals surface area contributed by atoms with Crippen molar-refractivity contribution < 1.29 is 9.59 Å². The molecule has 2 amide bonds. The van der Waals surface area contributed by atoms with Crippen LogP contribution in [-0.4, -0.2) is 11.8 Å². The first-order chi connectivity index (χ1) is 9.63. The van der Waals surface area contributed by atoms with E-state index in [4.69, 9.17) is 0 Å². The number of rotatable bonds is 1. The first-order valence-electron chi connectivity index (χ1n) is 6.71. The number of hydrogen-bond donors (Lipinski definition) is 0. The highest BCUT2D eigenvalue weighted by molar-refractivity contribution is 9.10. The molecular weight excluding hydrogens is 320 g/mol. The van der Waals surface area contributed by atoms with Crippen LogP contribution in [0.5, 0.6) is 0 Å². The summed E-state index contributed by atoms with van der Waals surface area (Å²) in [5.41, 5.74) is 0.764. The first kappa shape index (κ1) is 13.3. The van der Waals surface area contributed by atoms with Crippen molar-refractivity contribution in [2.24, 2.45) is 11.8 Å². The van der Waals surface area contributed by atoms with Gasteiger partial charge in [0, 0.05) is 4.47 Å². The highest BCUT2D eigenvalue weighted by Gasteiger charge is 2.49. The summed E-state index contributed by atoms with van der Waals surface area (Å²) in [5.74, 6) is -0.674. The number of hydrogen-bond acceptors (Lipinski definition) is 3. The second-order valence-corrected chi connectivity index (χ2v) is 6.20. The maximum Gasteiger partial charge on any atom is 0.237 e. The van der Waals surface area contributed by atoms with Gasteiger partial charge in [0.05, 0.1) is 23.1 Å². The van der Waals surface area contributed by atoms with Crippen LogP contribution in [0.1, 0.15) is 31.2 Å². The summed E-state index contributed by atoms with van der Waals surface area (Å²) in [4.78, 5) is 26.2. The molecule has 0 radical (unpaired) electrons. The van der Waals surface area contributed by atoms with E-state index < -0.39 is 0 Å². The van der Waals surface area contributed by atoms with Crippen molar-refractivity contribution in [2.75, 3.05) is 4.90 Å². The fraction of sp³-hybridized carbons (Fsp3) is 0.400. The van der Waals surface area contributed by atoms with Gasteiger partial charge in [0.2, 0.25) is 11.8 Å². The Morgan fingerprint density at radius 2 is 1.75 bits per heavy atom. The van der Waals surface area contributed by atoms with Crippen LogP contribution in [-0.2, 0) is 9.59 Å². The van der Waals surface area contributed by atoms with E-state index in [2.05, 4.69) is 22.0 Å². The van der Waals surface area contributed by atoms with Crippen molar-refractivity contribution in [3.8, 4) is 6.07 Å². The van der Waals surface area contributed by atoms with Crippen molar-refractivity contribution in [3.05, 3.63) is 28.2 Å². The van der Waals surface area contributed by atoms with E-state index in [0.29, 0.717) is 11.3 Å². The van der Waals surface area contributed by atoms with Gasteiger partial charge in [-0.1, -0.05) is 28.8 Å². The Hall–Kier alpha value is -1.67. The summed E-state index contributed by atoms with van der Waals surface area (Å²) < 4.78 is 0.752. The van der Waals surface area contributed by atoms with Gasteiger partial charge < -0.3 is 0 Å². The maximum atomic E-state index is 12.5. The lowest BCUT2D eigenvalue weighted by molar-refractivity contribution is -0.122. The predicted octanol–water partition coefficient (Wildman–Crippen LogP) is 3.00. The van der Waals surface area contributed by atoms with Crippen LogP contribution in [0.4, 0.5) is 5.69 Å². The number of imide groups is 1. The molecule has 3 rings (SSSR count). The number of nitrogens with zero attached hydrogens (tertiary/aromatic N) is 2. The first-order valence-corrected chi connectivity index (χ1v) is 7.50. The van der Waals surface area contributed by atoms with Crippen LogP contribution in [0.15, 0.2) is 22.7 Å². The van der Waals surface area contributed by atoms with Crippen molar-refractivity contribution in [1.82, 2.24) is 0 Å². The molecule has 0 spiro atoms. The molecule has 1 saturated heterocycles. The smallest absolute Gasteiger partial charge is 0.237 e. The Kier molecular flexibility index (Phi) is 3.35. The SMILES string of the molecule is N#Cc1ccc(Br)cc1N1C(=O)C2CCCCC2C1=O. The minimum Gasteiger partial charge on any atom is -0.274 e. The van der Waals surface area contributed by atoms with Crippen molar-refractivity contribution in [1.29, 1.82) is 5.26 Å². The number of halogens is 1. The van der Waals surface area contributed by atoms with Crippen LogP contribution in [0.2, 0.25) is 0 Å². The van der Waals surface area contributed by atoms with E-state index >= 15 is 0 Å². The number of amides is 2. The zero-order chi connectivity index (χ0) is 14.3. The minimum atomic E-state index is -0.193. The second-order valence-electron chi connectivity index (χ2n) is 5.28. The van der Waals surface area contributed by atoms with Gasteiger partial charge in [-0.05, 0) is 31.0 Å². The number of benzene rings is 1. The molecule has 1 aromatic carbocycles. The highest BCUT2D eigenvalue weighted by atomic mass is 79.9. The van der Waals surface area contributed by atoms with Gasteiger partial charge in [-0.2, -0.15) is 5.26 Å². The van der Waals surface area contributed by atoms with Crippen LogP contribution >= 0.6 is 15.9 Å². The Morgan fingerprint density at radius 1 is 1.15 bits per heavy atom. The molecule has 1 aliphatic heterocycles. The molecule has 0 N–H and O–H groups in total. The minimum absolute atomic E-state index is 0.144. The third-order valence-corrected chi connectivity index (χ3v) is 4.66. The van der Waals surface area contributed by atoms with Crippen molar-refractivity contribution in [2.45, 2.75) is 25.7 Å². The third kappa shape index (κ3) is 1.95. The lowest BCUT2D eigenvalue weighted by atomic mass is 9.81. The van der Waals surface area contributed by atoms with Gasteiger partial charge in [0.25, 0.3) is 0 Å². The lowest BCUT2D eigenvalue weighted by Gasteiger charge is -2.19. The summed E-state index contributed by atoms with van der Waals surface area (Å²) in [6.45, 7) is 0. The van der Waals surface area contributed by atoms with Crippen LogP contribution in [0.25, 0.3) is 0 Å². The summed E-state index contributed by atoms with van der Waals surface area (Å²) in [6, 6.07) is 7.09. The van der Waals surface area contributed by atoms with E-state index in [1.165, 1.54) is 4.90 Å². The molecule has 2 fully saturated rings. The summed E-state index contributed by atoms with van der Waals surface area (Å²) >= 11 is 3.33. The standard InChI is InChI=1S/C15H13BrN2O2/c16-10-6-5-9(8-17)13(7-10)18-14(19)11-3-1-2-4-12(11)15(18)20/h5-7,11-12H,1-4H2. The number of fused-ring (bicyclic) bond motifs is 1. The third-order valence-electron chi connectivity index (χ3n) is 4.16. The lowest BCUT2D eigenvalue weighted by Crippen LogP contribution is -2.31.